The highest BCUT2D eigenvalue weighted by atomic mass is 15.3. The molecule has 6 nitrogen and oxygen atoms in total. The molecule has 0 amide bonds. The predicted octanol–water partition coefficient (Wildman–Crippen LogP) is 4.28. The van der Waals surface area contributed by atoms with Crippen LogP contribution in [0.5, 0.6) is 0 Å². The molecule has 6 heteroatoms. The van der Waals surface area contributed by atoms with E-state index >= 15 is 0 Å². The van der Waals surface area contributed by atoms with Crippen LogP contribution in [-0.2, 0) is 13.5 Å². The van der Waals surface area contributed by atoms with Crippen LogP contribution in [0.3, 0.4) is 0 Å². The van der Waals surface area contributed by atoms with Gasteiger partial charge in [-0.3, -0.25) is 14.6 Å². The first-order chi connectivity index (χ1) is 16.5. The van der Waals surface area contributed by atoms with E-state index in [2.05, 4.69) is 59.7 Å². The van der Waals surface area contributed by atoms with Crippen LogP contribution >= 0.6 is 0 Å². The first-order valence-electron chi connectivity index (χ1n) is 11.3. The quantitative estimate of drug-likeness (QED) is 0.437. The molecule has 0 saturated heterocycles. The largest absolute Gasteiger partial charge is 0.337 e. The second kappa shape index (κ2) is 8.90. The lowest BCUT2D eigenvalue weighted by Crippen LogP contribution is -2.27. The van der Waals surface area contributed by atoms with Crippen molar-refractivity contribution in [1.29, 1.82) is 0 Å². The van der Waals surface area contributed by atoms with E-state index in [1.165, 1.54) is 5.56 Å². The molecule has 4 heterocycles. The minimum absolute atomic E-state index is 0.701. The van der Waals surface area contributed by atoms with Crippen LogP contribution in [0.2, 0.25) is 0 Å². The van der Waals surface area contributed by atoms with Gasteiger partial charge in [-0.05, 0) is 54.3 Å². The third-order valence-electron chi connectivity index (χ3n) is 6.05. The van der Waals surface area contributed by atoms with E-state index in [1.807, 2.05) is 54.6 Å². The minimum atomic E-state index is 0.701. The summed E-state index contributed by atoms with van der Waals surface area (Å²) >= 11 is 0. The normalized spacial score (nSPS) is 12.6. The van der Waals surface area contributed by atoms with Crippen LogP contribution in [0.25, 0.3) is 51.9 Å². The topological polar surface area (TPSA) is 72.3 Å². The van der Waals surface area contributed by atoms with Crippen molar-refractivity contribution in [1.82, 2.24) is 29.7 Å². The summed E-state index contributed by atoms with van der Waals surface area (Å²) in [5, 5.41) is 6.49. The van der Waals surface area contributed by atoms with Crippen LogP contribution in [0.15, 0.2) is 67.3 Å². The van der Waals surface area contributed by atoms with E-state index in [-0.39, 0.29) is 0 Å². The van der Waals surface area contributed by atoms with Crippen LogP contribution in [-0.4, -0.2) is 29.7 Å². The Morgan fingerprint density at radius 2 is 2.00 bits per heavy atom. The second-order valence-corrected chi connectivity index (χ2v) is 8.32. The minimum Gasteiger partial charge on any atom is -0.337 e. The van der Waals surface area contributed by atoms with Crippen molar-refractivity contribution >= 4 is 29.3 Å². The Hall–Kier alpha value is -4.32. The molecule has 0 saturated carbocycles. The van der Waals surface area contributed by atoms with Crippen LogP contribution in [0, 0.1) is 0 Å². The van der Waals surface area contributed by atoms with Gasteiger partial charge < -0.3 is 4.98 Å². The van der Waals surface area contributed by atoms with Crippen molar-refractivity contribution < 1.29 is 0 Å². The Kier molecular flexibility index (Phi) is 5.64. The molecule has 0 spiro atoms. The Labute approximate surface area is 198 Å². The SMILES string of the molecule is C=c1c(-c2nc3c(-c4cccnc4)cccc3[nH]2)nn(C)/c1=C/C=C(\C)c1cncc(CC)c1. The monoisotopic (exact) mass is 446 g/mol. The highest BCUT2D eigenvalue weighted by Crippen LogP contribution is 2.28. The number of aryl methyl sites for hydroxylation is 2. The summed E-state index contributed by atoms with van der Waals surface area (Å²) in [4.78, 5) is 16.9. The number of para-hydroxylation sites is 1. The molecule has 0 aliphatic carbocycles. The number of hydrogen-bond acceptors (Lipinski definition) is 4. The number of imidazole rings is 1. The number of rotatable bonds is 5. The van der Waals surface area contributed by atoms with E-state index in [0.29, 0.717) is 5.82 Å². The smallest absolute Gasteiger partial charge is 0.159 e. The molecule has 0 unspecified atom stereocenters. The first-order valence-corrected chi connectivity index (χ1v) is 11.3. The number of nitrogens with zero attached hydrogens (tertiary/aromatic N) is 5. The number of allylic oxidation sites excluding steroid dienone is 2. The van der Waals surface area contributed by atoms with Gasteiger partial charge in [0, 0.05) is 48.2 Å². The van der Waals surface area contributed by atoms with Crippen molar-refractivity contribution in [3.05, 3.63) is 89.0 Å². The summed E-state index contributed by atoms with van der Waals surface area (Å²) in [5.74, 6) is 0.701. The molecule has 0 aliphatic heterocycles. The van der Waals surface area contributed by atoms with E-state index in [4.69, 9.17) is 10.1 Å². The highest BCUT2D eigenvalue weighted by molar-refractivity contribution is 5.93. The van der Waals surface area contributed by atoms with Crippen LogP contribution in [0.4, 0.5) is 0 Å². The molecule has 5 aromatic rings. The summed E-state index contributed by atoms with van der Waals surface area (Å²) in [5.41, 5.74) is 8.11. The van der Waals surface area contributed by atoms with Crippen molar-refractivity contribution in [3.63, 3.8) is 0 Å². The highest BCUT2D eigenvalue weighted by Gasteiger charge is 2.14. The van der Waals surface area contributed by atoms with Gasteiger partial charge in [0.05, 0.1) is 16.4 Å². The lowest BCUT2D eigenvalue weighted by atomic mass is 10.1. The summed E-state index contributed by atoms with van der Waals surface area (Å²) in [6.45, 7) is 8.54. The fourth-order valence-electron chi connectivity index (χ4n) is 4.08. The maximum atomic E-state index is 4.90. The van der Waals surface area contributed by atoms with E-state index in [0.717, 1.165) is 56.0 Å². The van der Waals surface area contributed by atoms with Crippen molar-refractivity contribution in [2.24, 2.45) is 7.05 Å². The Morgan fingerprint density at radius 1 is 1.12 bits per heavy atom. The standard InChI is InChI=1S/C28H26N6/c1-5-20-14-22(17-30-15-20)18(2)11-12-25-19(3)26(33-34(25)4)28-31-24-10-6-9-23(27(24)32-28)21-8-7-13-29-16-21/h6-17H,3,5H2,1-2,4H3,(H,31,32)/b18-11+,25-12+. The predicted molar refractivity (Wildman–Crippen MR) is 138 cm³/mol. The molecular formula is C28H26N6. The summed E-state index contributed by atoms with van der Waals surface area (Å²) < 4.78 is 1.84. The first kappa shape index (κ1) is 21.5. The number of benzene rings is 1. The number of H-pyrrole nitrogens is 1. The second-order valence-electron chi connectivity index (χ2n) is 8.32. The molecule has 168 valence electrons. The van der Waals surface area contributed by atoms with E-state index < -0.39 is 0 Å². The molecular weight excluding hydrogens is 420 g/mol. The van der Waals surface area contributed by atoms with Crippen molar-refractivity contribution in [2.75, 3.05) is 0 Å². The number of nitrogens with one attached hydrogen (secondary N) is 1. The molecule has 34 heavy (non-hydrogen) atoms. The molecule has 5 rings (SSSR count). The Bertz CT molecular complexity index is 1620. The zero-order chi connectivity index (χ0) is 23.7. The Balaban J connectivity index is 1.56. The average Bonchev–Trinajstić information content (AvgIpc) is 3.43. The van der Waals surface area contributed by atoms with Gasteiger partial charge >= 0.3 is 0 Å². The van der Waals surface area contributed by atoms with Gasteiger partial charge in [0.1, 0.15) is 5.69 Å². The zero-order valence-corrected chi connectivity index (χ0v) is 19.6. The van der Waals surface area contributed by atoms with Gasteiger partial charge in [0.25, 0.3) is 0 Å². The maximum absolute atomic E-state index is 4.90. The lowest BCUT2D eigenvalue weighted by Gasteiger charge is -2.02. The molecule has 1 N–H and O–H groups in total. The summed E-state index contributed by atoms with van der Waals surface area (Å²) in [6, 6.07) is 12.3. The average molecular weight is 447 g/mol. The summed E-state index contributed by atoms with van der Waals surface area (Å²) in [7, 11) is 1.93. The van der Waals surface area contributed by atoms with Crippen LogP contribution < -0.4 is 10.6 Å². The fourth-order valence-corrected chi connectivity index (χ4v) is 4.08. The molecule has 0 aliphatic rings. The van der Waals surface area contributed by atoms with Crippen molar-refractivity contribution in [3.8, 4) is 22.6 Å². The van der Waals surface area contributed by atoms with Crippen molar-refractivity contribution in [2.45, 2.75) is 20.3 Å². The van der Waals surface area contributed by atoms with Gasteiger partial charge in [0.15, 0.2) is 5.82 Å². The number of aromatic nitrogens is 6. The van der Waals surface area contributed by atoms with Gasteiger partial charge in [-0.1, -0.05) is 37.8 Å². The molecule has 0 radical (unpaired) electrons. The number of hydrogen-bond donors (Lipinski definition) is 1. The Morgan fingerprint density at radius 3 is 2.79 bits per heavy atom. The van der Waals surface area contributed by atoms with Crippen LogP contribution in [0.1, 0.15) is 25.0 Å². The van der Waals surface area contributed by atoms with Gasteiger partial charge in [-0.2, -0.15) is 5.10 Å². The maximum Gasteiger partial charge on any atom is 0.159 e. The molecule has 0 bridgehead atoms. The molecule has 4 aromatic heterocycles. The molecule has 0 fully saturated rings. The lowest BCUT2D eigenvalue weighted by molar-refractivity contribution is 0.744. The third kappa shape index (κ3) is 3.94. The fraction of sp³-hybridized carbons (Fsp3) is 0.143. The van der Waals surface area contributed by atoms with E-state index in [1.54, 1.807) is 6.20 Å². The number of pyridine rings is 2. The van der Waals surface area contributed by atoms with Gasteiger partial charge in [-0.15, -0.1) is 0 Å². The van der Waals surface area contributed by atoms with Gasteiger partial charge in [0.2, 0.25) is 0 Å². The molecule has 0 atom stereocenters. The summed E-state index contributed by atoms with van der Waals surface area (Å²) in [6.07, 6.45) is 12.5. The number of fused-ring (bicyclic) bond motifs is 1. The third-order valence-corrected chi connectivity index (χ3v) is 6.05. The van der Waals surface area contributed by atoms with E-state index in [9.17, 15) is 0 Å². The van der Waals surface area contributed by atoms with Gasteiger partial charge in [-0.25, -0.2) is 4.98 Å². The molecule has 1 aromatic carbocycles. The zero-order valence-electron chi connectivity index (χ0n) is 19.6. The number of aromatic amines is 1.